The summed E-state index contributed by atoms with van der Waals surface area (Å²) in [5.41, 5.74) is 4.73. The third-order valence-electron chi connectivity index (χ3n) is 6.30. The van der Waals surface area contributed by atoms with Crippen LogP contribution in [0, 0.1) is 0 Å². The van der Waals surface area contributed by atoms with Gasteiger partial charge in [0, 0.05) is 22.6 Å². The lowest BCUT2D eigenvalue weighted by Gasteiger charge is -2.30. The Balaban J connectivity index is 1.58. The smallest absolute Gasteiger partial charge is 0.203 e. The summed E-state index contributed by atoms with van der Waals surface area (Å²) in [6.45, 7) is 0. The number of benzene rings is 2. The van der Waals surface area contributed by atoms with Crippen LogP contribution in [-0.2, 0) is 4.79 Å². The molecule has 0 saturated carbocycles. The Labute approximate surface area is 197 Å². The molecule has 0 saturated heterocycles. The van der Waals surface area contributed by atoms with Crippen LogP contribution in [0.3, 0.4) is 0 Å². The first-order valence-electron chi connectivity index (χ1n) is 10.8. The molecule has 0 amide bonds. The summed E-state index contributed by atoms with van der Waals surface area (Å²) < 4.78 is 16.6. The number of nitrogens with one attached hydrogen (secondary N) is 2. The Bertz CT molecular complexity index is 1190. The molecule has 33 heavy (non-hydrogen) atoms. The molecule has 3 aromatic rings. The number of allylic oxidation sites excluding steroid dienone is 1. The van der Waals surface area contributed by atoms with Crippen molar-refractivity contribution in [3.05, 3.63) is 75.6 Å². The molecule has 0 fully saturated rings. The van der Waals surface area contributed by atoms with Crippen LogP contribution in [0.2, 0.25) is 0 Å². The summed E-state index contributed by atoms with van der Waals surface area (Å²) in [4.78, 5) is 14.8. The van der Waals surface area contributed by atoms with Gasteiger partial charge in [0.1, 0.15) is 0 Å². The normalized spacial score (nSPS) is 19.5. The third-order valence-corrected chi connectivity index (χ3v) is 7.23. The molecule has 2 atom stereocenters. The van der Waals surface area contributed by atoms with Crippen molar-refractivity contribution < 1.29 is 19.0 Å². The number of carbonyl (C=O) groups excluding carboxylic acids is 1. The van der Waals surface area contributed by atoms with Crippen LogP contribution in [0.25, 0.3) is 0 Å². The summed E-state index contributed by atoms with van der Waals surface area (Å²) in [7, 11) is 4.80. The van der Waals surface area contributed by atoms with Gasteiger partial charge in [-0.3, -0.25) is 4.79 Å². The predicted octanol–water partition coefficient (Wildman–Crippen LogP) is 5.75. The van der Waals surface area contributed by atoms with Gasteiger partial charge in [0.15, 0.2) is 17.3 Å². The zero-order valence-electron chi connectivity index (χ0n) is 18.8. The second kappa shape index (κ2) is 8.83. The fourth-order valence-corrected chi connectivity index (χ4v) is 5.52. The van der Waals surface area contributed by atoms with Crippen molar-refractivity contribution in [3.63, 3.8) is 0 Å². The zero-order valence-corrected chi connectivity index (χ0v) is 19.6. The predicted molar refractivity (Wildman–Crippen MR) is 131 cm³/mol. The maximum atomic E-state index is 13.6. The van der Waals surface area contributed by atoms with E-state index in [2.05, 4.69) is 16.7 Å². The maximum Gasteiger partial charge on any atom is 0.203 e. The fourth-order valence-electron chi connectivity index (χ4n) is 4.73. The minimum atomic E-state index is -0.176. The van der Waals surface area contributed by atoms with Crippen molar-refractivity contribution in [2.75, 3.05) is 32.0 Å². The first kappa shape index (κ1) is 21.4. The second-order valence-corrected chi connectivity index (χ2v) is 9.12. The highest BCUT2D eigenvalue weighted by Crippen LogP contribution is 2.47. The summed E-state index contributed by atoms with van der Waals surface area (Å²) in [6, 6.07) is 15.9. The molecule has 0 bridgehead atoms. The first-order valence-corrected chi connectivity index (χ1v) is 11.7. The minimum absolute atomic E-state index is 0.00768. The average Bonchev–Trinajstić information content (AvgIpc) is 3.31. The number of anilines is 2. The van der Waals surface area contributed by atoms with Gasteiger partial charge >= 0.3 is 0 Å². The van der Waals surface area contributed by atoms with E-state index in [9.17, 15) is 4.79 Å². The van der Waals surface area contributed by atoms with E-state index in [0.29, 0.717) is 30.1 Å². The molecule has 2 N–H and O–H groups in total. The molecule has 2 heterocycles. The van der Waals surface area contributed by atoms with E-state index < -0.39 is 0 Å². The van der Waals surface area contributed by atoms with Gasteiger partial charge in [-0.05, 0) is 53.6 Å². The number of Topliss-reactive ketones (excluding diaryl/α,β-unsaturated/α-hetero) is 1. The molecular formula is C26H26N2O4S. The van der Waals surface area contributed by atoms with Crippen LogP contribution in [0.1, 0.15) is 35.2 Å². The van der Waals surface area contributed by atoms with Crippen molar-refractivity contribution in [2.24, 2.45) is 0 Å². The molecule has 6 nitrogen and oxygen atoms in total. The molecular weight excluding hydrogens is 436 g/mol. The number of methoxy groups -OCH3 is 3. The van der Waals surface area contributed by atoms with Gasteiger partial charge in [-0.25, -0.2) is 0 Å². The van der Waals surface area contributed by atoms with Crippen LogP contribution in [-0.4, -0.2) is 27.1 Å². The Morgan fingerprint density at radius 1 is 0.909 bits per heavy atom. The van der Waals surface area contributed by atoms with E-state index in [0.717, 1.165) is 33.1 Å². The molecule has 170 valence electrons. The van der Waals surface area contributed by atoms with E-state index in [1.54, 1.807) is 32.7 Å². The molecule has 1 aromatic heterocycles. The Kier molecular flexibility index (Phi) is 5.72. The number of rotatable bonds is 5. The number of ether oxygens (including phenoxy) is 3. The summed E-state index contributed by atoms with van der Waals surface area (Å²) in [5, 5.41) is 9.24. The van der Waals surface area contributed by atoms with Crippen molar-refractivity contribution in [2.45, 2.75) is 24.8 Å². The minimum Gasteiger partial charge on any atom is -0.493 e. The van der Waals surface area contributed by atoms with E-state index in [1.807, 2.05) is 47.8 Å². The van der Waals surface area contributed by atoms with E-state index in [1.165, 1.54) is 0 Å². The van der Waals surface area contributed by atoms with Crippen LogP contribution >= 0.6 is 11.3 Å². The summed E-state index contributed by atoms with van der Waals surface area (Å²) in [6.07, 6.45) is 1.12. The molecule has 2 aliphatic rings. The number of thiophene rings is 1. The van der Waals surface area contributed by atoms with Crippen molar-refractivity contribution in [1.29, 1.82) is 0 Å². The molecule has 2 aromatic carbocycles. The van der Waals surface area contributed by atoms with Gasteiger partial charge in [-0.15, -0.1) is 11.3 Å². The number of hydrogen-bond acceptors (Lipinski definition) is 7. The zero-order chi connectivity index (χ0) is 22.9. The lowest BCUT2D eigenvalue weighted by atomic mass is 9.79. The van der Waals surface area contributed by atoms with E-state index >= 15 is 0 Å². The Morgan fingerprint density at radius 2 is 1.64 bits per heavy atom. The molecule has 1 aliphatic carbocycles. The standard InChI is InChI=1S/C26H26N2O4S/c1-30-21-13-16(14-22(31-2)26(21)32-3)15-11-19-24(20(29)12-15)25(23-9-6-10-33-23)28-18-8-5-4-7-17(18)27-19/h4-10,13-15,25,27-28H,11-12H2,1-3H3/t15-,25+/m1/s1. The Morgan fingerprint density at radius 3 is 2.27 bits per heavy atom. The maximum absolute atomic E-state index is 13.6. The van der Waals surface area contributed by atoms with Crippen molar-refractivity contribution in [3.8, 4) is 17.2 Å². The molecule has 7 heteroatoms. The fraction of sp³-hybridized carbons (Fsp3) is 0.269. The third kappa shape index (κ3) is 3.82. The average molecular weight is 463 g/mol. The van der Waals surface area contributed by atoms with Crippen LogP contribution in [0.15, 0.2) is 65.2 Å². The highest BCUT2D eigenvalue weighted by atomic mass is 32.1. The highest BCUT2D eigenvalue weighted by molar-refractivity contribution is 7.10. The summed E-state index contributed by atoms with van der Waals surface area (Å²) >= 11 is 1.66. The lowest BCUT2D eigenvalue weighted by molar-refractivity contribution is -0.116. The first-order chi connectivity index (χ1) is 16.1. The number of ketones is 1. The molecule has 0 unspecified atom stereocenters. The lowest BCUT2D eigenvalue weighted by Crippen LogP contribution is -2.26. The second-order valence-electron chi connectivity index (χ2n) is 8.14. The quantitative estimate of drug-likeness (QED) is 0.503. The molecule has 0 radical (unpaired) electrons. The van der Waals surface area contributed by atoms with Crippen molar-refractivity contribution in [1.82, 2.24) is 0 Å². The van der Waals surface area contributed by atoms with Gasteiger partial charge in [-0.1, -0.05) is 18.2 Å². The van der Waals surface area contributed by atoms with Gasteiger partial charge < -0.3 is 24.8 Å². The Hall–Kier alpha value is -3.45. The number of hydrogen-bond donors (Lipinski definition) is 2. The van der Waals surface area contributed by atoms with Gasteiger partial charge in [-0.2, -0.15) is 0 Å². The van der Waals surface area contributed by atoms with Gasteiger partial charge in [0.25, 0.3) is 0 Å². The topological polar surface area (TPSA) is 68.8 Å². The molecule has 0 spiro atoms. The molecule has 1 aliphatic heterocycles. The van der Waals surface area contributed by atoms with Gasteiger partial charge in [0.05, 0.1) is 38.7 Å². The van der Waals surface area contributed by atoms with Crippen LogP contribution < -0.4 is 24.8 Å². The van der Waals surface area contributed by atoms with Gasteiger partial charge in [0.2, 0.25) is 5.75 Å². The van der Waals surface area contributed by atoms with E-state index in [4.69, 9.17) is 14.2 Å². The highest BCUT2D eigenvalue weighted by Gasteiger charge is 2.37. The number of fused-ring (bicyclic) bond motifs is 1. The van der Waals surface area contributed by atoms with Crippen LogP contribution in [0.5, 0.6) is 17.2 Å². The van der Waals surface area contributed by atoms with Crippen molar-refractivity contribution >= 4 is 28.5 Å². The monoisotopic (exact) mass is 462 g/mol. The number of para-hydroxylation sites is 2. The largest absolute Gasteiger partial charge is 0.493 e. The summed E-state index contributed by atoms with van der Waals surface area (Å²) in [5.74, 6) is 1.87. The van der Waals surface area contributed by atoms with E-state index in [-0.39, 0.29) is 17.7 Å². The molecule has 5 rings (SSSR count). The SMILES string of the molecule is COc1cc([C@H]2CC(=O)C3=C(C2)Nc2ccccc2N[C@H]3c2cccs2)cc(OC)c1OC. The number of carbonyl (C=O) groups is 1. The van der Waals surface area contributed by atoms with Crippen LogP contribution in [0.4, 0.5) is 11.4 Å².